The Kier molecular flexibility index (Phi) is 3.75. The van der Waals surface area contributed by atoms with Gasteiger partial charge in [-0.3, -0.25) is 0 Å². The molecule has 0 fully saturated rings. The molecule has 0 saturated heterocycles. The van der Waals surface area contributed by atoms with Crippen LogP contribution in [0.3, 0.4) is 0 Å². The van der Waals surface area contributed by atoms with Gasteiger partial charge < -0.3 is 5.11 Å². The summed E-state index contributed by atoms with van der Waals surface area (Å²) < 4.78 is 1.16. The van der Waals surface area contributed by atoms with Crippen LogP contribution >= 0.6 is 27.7 Å². The molecule has 0 aliphatic carbocycles. The van der Waals surface area contributed by atoms with Gasteiger partial charge in [-0.15, -0.1) is 11.8 Å². The van der Waals surface area contributed by atoms with Crippen molar-refractivity contribution < 1.29 is 5.11 Å². The largest absolute Gasteiger partial charge is 0.396 e. The molecule has 15 heavy (non-hydrogen) atoms. The fraction of sp³-hybridized carbons (Fsp3) is 0.500. The van der Waals surface area contributed by atoms with Crippen molar-refractivity contribution in [3.8, 4) is 0 Å². The van der Waals surface area contributed by atoms with Crippen LogP contribution in [0, 0.1) is 0 Å². The van der Waals surface area contributed by atoms with E-state index in [0.717, 1.165) is 17.3 Å². The quantitative estimate of drug-likeness (QED) is 0.912. The van der Waals surface area contributed by atoms with E-state index in [1.807, 2.05) is 11.8 Å². The number of aliphatic hydroxyl groups excluding tert-OH is 1. The van der Waals surface area contributed by atoms with Gasteiger partial charge in [0.25, 0.3) is 0 Å². The number of benzene rings is 1. The summed E-state index contributed by atoms with van der Waals surface area (Å²) in [5.41, 5.74) is 1.46. The average molecular weight is 287 g/mol. The maximum absolute atomic E-state index is 8.86. The van der Waals surface area contributed by atoms with E-state index in [1.54, 1.807) is 0 Å². The molecular weight excluding hydrogens is 272 g/mol. The summed E-state index contributed by atoms with van der Waals surface area (Å²) in [4.78, 5) is 1.40. The lowest BCUT2D eigenvalue weighted by Crippen LogP contribution is -2.07. The first-order valence-corrected chi connectivity index (χ1v) is 6.96. The van der Waals surface area contributed by atoms with Crippen LogP contribution in [0.4, 0.5) is 0 Å². The summed E-state index contributed by atoms with van der Waals surface area (Å²) in [5, 5.41) is 9.50. The Labute approximate surface area is 103 Å². The zero-order valence-corrected chi connectivity index (χ0v) is 11.1. The molecule has 3 heteroatoms. The molecule has 2 unspecified atom stereocenters. The molecule has 1 aliphatic heterocycles. The van der Waals surface area contributed by atoms with Gasteiger partial charge in [0.2, 0.25) is 0 Å². The molecule has 1 aromatic carbocycles. The van der Waals surface area contributed by atoms with Gasteiger partial charge >= 0.3 is 0 Å². The predicted octanol–water partition coefficient (Wildman–Crippen LogP) is 3.80. The smallest absolute Gasteiger partial charge is 0.0431 e. The highest BCUT2D eigenvalue weighted by molar-refractivity contribution is 9.10. The second-order valence-electron chi connectivity index (χ2n) is 3.99. The zero-order chi connectivity index (χ0) is 10.8. The molecule has 0 bridgehead atoms. The van der Waals surface area contributed by atoms with Crippen molar-refractivity contribution in [2.75, 3.05) is 6.61 Å². The van der Waals surface area contributed by atoms with Gasteiger partial charge in [0.1, 0.15) is 0 Å². The Hall–Kier alpha value is 0.01000. The molecule has 1 aliphatic rings. The maximum atomic E-state index is 8.86. The minimum Gasteiger partial charge on any atom is -0.396 e. The van der Waals surface area contributed by atoms with Crippen LogP contribution in [-0.4, -0.2) is 17.0 Å². The van der Waals surface area contributed by atoms with Crippen molar-refractivity contribution >= 4 is 27.7 Å². The van der Waals surface area contributed by atoms with Gasteiger partial charge in [-0.1, -0.05) is 28.9 Å². The summed E-state index contributed by atoms with van der Waals surface area (Å²) in [7, 11) is 0. The number of fused-ring (bicyclic) bond motifs is 1. The van der Waals surface area contributed by atoms with E-state index in [9.17, 15) is 0 Å². The SMILES string of the molecule is CC1c2ccc(Br)cc2SC1CCCO. The molecule has 0 saturated carbocycles. The molecule has 0 amide bonds. The molecule has 1 aromatic rings. The fourth-order valence-corrected chi connectivity index (χ4v) is 4.11. The fourth-order valence-electron chi connectivity index (χ4n) is 2.05. The van der Waals surface area contributed by atoms with Gasteiger partial charge in [0, 0.05) is 21.2 Å². The number of aliphatic hydroxyl groups is 1. The van der Waals surface area contributed by atoms with E-state index >= 15 is 0 Å². The number of hydrogen-bond donors (Lipinski definition) is 1. The molecule has 2 rings (SSSR count). The molecule has 0 spiro atoms. The van der Waals surface area contributed by atoms with Crippen LogP contribution in [0.2, 0.25) is 0 Å². The lowest BCUT2D eigenvalue weighted by molar-refractivity contribution is 0.283. The van der Waals surface area contributed by atoms with Gasteiger partial charge in [-0.2, -0.15) is 0 Å². The van der Waals surface area contributed by atoms with Crippen molar-refractivity contribution in [1.29, 1.82) is 0 Å². The van der Waals surface area contributed by atoms with E-state index in [4.69, 9.17) is 5.11 Å². The van der Waals surface area contributed by atoms with Gasteiger partial charge in [-0.05, 0) is 36.5 Å². The molecule has 1 nitrogen and oxygen atoms in total. The minimum absolute atomic E-state index is 0.309. The normalized spacial score (nSPS) is 24.2. The van der Waals surface area contributed by atoms with E-state index in [2.05, 4.69) is 41.1 Å². The summed E-state index contributed by atoms with van der Waals surface area (Å²) in [5.74, 6) is 0.615. The Balaban J connectivity index is 2.14. The van der Waals surface area contributed by atoms with Crippen LogP contribution in [0.5, 0.6) is 0 Å². The van der Waals surface area contributed by atoms with Gasteiger partial charge in [-0.25, -0.2) is 0 Å². The third-order valence-electron chi connectivity index (χ3n) is 2.95. The second kappa shape index (κ2) is 4.89. The molecule has 2 atom stereocenters. The highest BCUT2D eigenvalue weighted by Crippen LogP contribution is 2.47. The monoisotopic (exact) mass is 286 g/mol. The lowest BCUT2D eigenvalue weighted by Gasteiger charge is -2.13. The average Bonchev–Trinajstić information content (AvgIpc) is 2.52. The Bertz CT molecular complexity index is 353. The van der Waals surface area contributed by atoms with Crippen LogP contribution in [0.15, 0.2) is 27.6 Å². The highest BCUT2D eigenvalue weighted by Gasteiger charge is 2.29. The Morgan fingerprint density at radius 2 is 2.27 bits per heavy atom. The van der Waals surface area contributed by atoms with E-state index in [0.29, 0.717) is 17.8 Å². The predicted molar refractivity (Wildman–Crippen MR) is 68.5 cm³/mol. The molecule has 1 N–H and O–H groups in total. The van der Waals surface area contributed by atoms with Crippen LogP contribution in [0.1, 0.15) is 31.2 Å². The zero-order valence-electron chi connectivity index (χ0n) is 8.74. The van der Waals surface area contributed by atoms with E-state index in [1.165, 1.54) is 10.5 Å². The van der Waals surface area contributed by atoms with Gasteiger partial charge in [0.05, 0.1) is 0 Å². The molecule has 82 valence electrons. The first kappa shape index (κ1) is 11.5. The number of thioether (sulfide) groups is 1. The third kappa shape index (κ3) is 2.40. The Morgan fingerprint density at radius 3 is 3.00 bits per heavy atom. The van der Waals surface area contributed by atoms with Crippen LogP contribution < -0.4 is 0 Å². The van der Waals surface area contributed by atoms with Crippen molar-refractivity contribution in [1.82, 2.24) is 0 Å². The summed E-state index contributed by atoms with van der Waals surface area (Å²) in [6.07, 6.45) is 2.02. The van der Waals surface area contributed by atoms with Gasteiger partial charge in [0.15, 0.2) is 0 Å². The van der Waals surface area contributed by atoms with Crippen molar-refractivity contribution in [3.63, 3.8) is 0 Å². The Morgan fingerprint density at radius 1 is 1.47 bits per heavy atom. The highest BCUT2D eigenvalue weighted by atomic mass is 79.9. The van der Waals surface area contributed by atoms with Crippen molar-refractivity contribution in [2.45, 2.75) is 35.8 Å². The topological polar surface area (TPSA) is 20.2 Å². The van der Waals surface area contributed by atoms with Crippen LogP contribution in [-0.2, 0) is 0 Å². The first-order chi connectivity index (χ1) is 7.22. The first-order valence-electron chi connectivity index (χ1n) is 5.29. The second-order valence-corrected chi connectivity index (χ2v) is 6.19. The van der Waals surface area contributed by atoms with E-state index < -0.39 is 0 Å². The number of hydrogen-bond acceptors (Lipinski definition) is 2. The lowest BCUT2D eigenvalue weighted by atomic mass is 9.95. The number of halogens is 1. The summed E-state index contributed by atoms with van der Waals surface area (Å²) in [6, 6.07) is 6.54. The molecule has 0 aromatic heterocycles. The van der Waals surface area contributed by atoms with Crippen LogP contribution in [0.25, 0.3) is 0 Å². The molecular formula is C12H15BrOS. The molecule has 0 radical (unpaired) electrons. The van der Waals surface area contributed by atoms with Crippen molar-refractivity contribution in [2.24, 2.45) is 0 Å². The maximum Gasteiger partial charge on any atom is 0.0431 e. The summed E-state index contributed by atoms with van der Waals surface area (Å²) in [6.45, 7) is 2.60. The minimum atomic E-state index is 0.309. The van der Waals surface area contributed by atoms with Crippen molar-refractivity contribution in [3.05, 3.63) is 28.2 Å². The number of rotatable bonds is 3. The summed E-state index contributed by atoms with van der Waals surface area (Å²) >= 11 is 5.46. The molecule has 1 heterocycles. The standard InChI is InChI=1S/C12H15BrOS/c1-8-10-5-4-9(13)7-12(10)15-11(8)3-2-6-14/h4-5,7-8,11,14H,2-3,6H2,1H3. The third-order valence-corrected chi connectivity index (χ3v) is 5.00. The van der Waals surface area contributed by atoms with E-state index in [-0.39, 0.29) is 0 Å².